The molecule has 4 aliphatic rings. The minimum atomic E-state index is -4.21. The predicted octanol–water partition coefficient (Wildman–Crippen LogP) is 4.60. The highest BCUT2D eigenvalue weighted by Crippen LogP contribution is 2.64. The summed E-state index contributed by atoms with van der Waals surface area (Å²) < 4.78 is 47.5. The molecule has 4 bridgehead atoms. The van der Waals surface area contributed by atoms with E-state index in [-0.39, 0.29) is 11.8 Å². The molecule has 0 radical (unpaired) electrons. The molecule has 0 atom stereocenters. The van der Waals surface area contributed by atoms with Gasteiger partial charge in [-0.05, 0) is 75.4 Å². The third kappa shape index (κ3) is 2.08. The molecule has 1 nitrogen and oxygen atoms in total. The smallest absolute Gasteiger partial charge is 0.403 e. The first kappa shape index (κ1) is 13.9. The van der Waals surface area contributed by atoms with E-state index in [1.54, 1.807) is 0 Å². The number of halogens is 3. The van der Waals surface area contributed by atoms with Crippen LogP contribution in [0.1, 0.15) is 32.1 Å². The van der Waals surface area contributed by atoms with Gasteiger partial charge >= 0.3 is 6.18 Å². The van der Waals surface area contributed by atoms with E-state index in [0.717, 1.165) is 32.1 Å². The van der Waals surface area contributed by atoms with Crippen molar-refractivity contribution in [1.29, 1.82) is 0 Å². The maximum Gasteiger partial charge on any atom is 0.416 e. The van der Waals surface area contributed by atoms with Crippen molar-refractivity contribution >= 4 is 8.32 Å². The van der Waals surface area contributed by atoms with Crippen molar-refractivity contribution in [3.63, 3.8) is 0 Å². The van der Waals surface area contributed by atoms with Gasteiger partial charge in [-0.2, -0.15) is 13.2 Å². The Labute approximate surface area is 114 Å². The van der Waals surface area contributed by atoms with E-state index in [2.05, 4.69) is 0 Å². The fourth-order valence-corrected chi connectivity index (χ4v) is 6.54. The molecule has 19 heavy (non-hydrogen) atoms. The number of hydrogen-bond donors (Lipinski definition) is 0. The predicted molar refractivity (Wildman–Crippen MR) is 70.3 cm³/mol. The molecule has 0 spiro atoms. The summed E-state index contributed by atoms with van der Waals surface area (Å²) in [7, 11) is -2.22. The number of rotatable bonds is 2. The largest absolute Gasteiger partial charge is 0.416 e. The number of alkyl halides is 3. The molecule has 0 amide bonds. The lowest BCUT2D eigenvalue weighted by molar-refractivity contribution is -0.323. The highest BCUT2D eigenvalue weighted by atomic mass is 28.4. The molecule has 0 aliphatic heterocycles. The van der Waals surface area contributed by atoms with Crippen molar-refractivity contribution in [2.24, 2.45) is 23.7 Å². The van der Waals surface area contributed by atoms with E-state index in [0.29, 0.717) is 11.8 Å². The van der Waals surface area contributed by atoms with E-state index in [9.17, 15) is 13.2 Å². The standard InChI is InChI=1S/C14H23F3OSi/c1-19(2,3)18-13(14(15,16)17)11-5-9-4-10(7-11)8-12(13)6-9/h9-12H,4-8H2,1-3H3. The molecule has 0 aromatic heterocycles. The lowest BCUT2D eigenvalue weighted by atomic mass is 9.49. The summed E-state index contributed by atoms with van der Waals surface area (Å²) in [5.74, 6) is 0.498. The van der Waals surface area contributed by atoms with Crippen LogP contribution in [0, 0.1) is 23.7 Å². The highest BCUT2D eigenvalue weighted by Gasteiger charge is 2.70. The topological polar surface area (TPSA) is 9.23 Å². The quantitative estimate of drug-likeness (QED) is 0.676. The van der Waals surface area contributed by atoms with Gasteiger partial charge in [-0.3, -0.25) is 0 Å². The molecule has 4 rings (SSSR count). The maximum atomic E-state index is 13.9. The monoisotopic (exact) mass is 292 g/mol. The van der Waals surface area contributed by atoms with Gasteiger partial charge in [-0.25, -0.2) is 0 Å². The average Bonchev–Trinajstić information content (AvgIpc) is 2.19. The van der Waals surface area contributed by atoms with Gasteiger partial charge in [0.25, 0.3) is 0 Å². The van der Waals surface area contributed by atoms with Crippen LogP contribution >= 0.6 is 0 Å². The van der Waals surface area contributed by atoms with Gasteiger partial charge in [-0.15, -0.1) is 0 Å². The van der Waals surface area contributed by atoms with E-state index in [1.807, 2.05) is 19.6 Å². The summed E-state index contributed by atoms with van der Waals surface area (Å²) in [5, 5.41) is 0. The second-order valence-electron chi connectivity index (χ2n) is 7.81. The van der Waals surface area contributed by atoms with Crippen molar-refractivity contribution in [1.82, 2.24) is 0 Å². The van der Waals surface area contributed by atoms with E-state index >= 15 is 0 Å². The van der Waals surface area contributed by atoms with Crippen LogP contribution in [0.3, 0.4) is 0 Å². The average molecular weight is 292 g/mol. The summed E-state index contributed by atoms with van der Waals surface area (Å²) in [4.78, 5) is 0. The minimum absolute atomic E-state index is 0.282. The zero-order valence-corrected chi connectivity index (χ0v) is 12.9. The molecule has 0 unspecified atom stereocenters. The van der Waals surface area contributed by atoms with Crippen LogP contribution in [0.25, 0.3) is 0 Å². The van der Waals surface area contributed by atoms with Gasteiger partial charge in [-0.1, -0.05) is 0 Å². The summed E-state index contributed by atoms with van der Waals surface area (Å²) in [5.41, 5.74) is -1.81. The zero-order valence-electron chi connectivity index (χ0n) is 11.9. The van der Waals surface area contributed by atoms with Crippen molar-refractivity contribution < 1.29 is 17.6 Å². The summed E-state index contributed by atoms with van der Waals surface area (Å²) >= 11 is 0. The summed E-state index contributed by atoms with van der Waals surface area (Å²) in [6.45, 7) is 5.64. The molecule has 5 heteroatoms. The first-order valence-electron chi connectivity index (χ1n) is 7.39. The minimum Gasteiger partial charge on any atom is -0.403 e. The third-order valence-electron chi connectivity index (χ3n) is 5.27. The molecular formula is C14H23F3OSi. The SMILES string of the molecule is C[Si](C)(C)OC1(C(F)(F)F)C2CC3CC(C2)CC1C3. The maximum absolute atomic E-state index is 13.9. The van der Waals surface area contributed by atoms with E-state index < -0.39 is 20.1 Å². The van der Waals surface area contributed by atoms with Crippen molar-refractivity contribution in [2.45, 2.75) is 63.5 Å². The highest BCUT2D eigenvalue weighted by molar-refractivity contribution is 6.69. The molecule has 4 fully saturated rings. The Morgan fingerprint density at radius 3 is 1.63 bits per heavy atom. The second kappa shape index (κ2) is 4.00. The first-order valence-corrected chi connectivity index (χ1v) is 10.8. The van der Waals surface area contributed by atoms with E-state index in [1.165, 1.54) is 0 Å². The molecule has 4 aliphatic carbocycles. The Kier molecular flexibility index (Phi) is 2.93. The third-order valence-corrected chi connectivity index (χ3v) is 6.22. The molecular weight excluding hydrogens is 269 g/mol. The number of hydrogen-bond acceptors (Lipinski definition) is 1. The molecule has 110 valence electrons. The Morgan fingerprint density at radius 1 is 0.895 bits per heavy atom. The van der Waals surface area contributed by atoms with Gasteiger partial charge in [0.05, 0.1) is 0 Å². The fraction of sp³-hybridized carbons (Fsp3) is 1.00. The van der Waals surface area contributed by atoms with Crippen LogP contribution in [0.5, 0.6) is 0 Å². The van der Waals surface area contributed by atoms with Gasteiger partial charge in [0.15, 0.2) is 13.9 Å². The van der Waals surface area contributed by atoms with Gasteiger partial charge in [0.2, 0.25) is 0 Å². The van der Waals surface area contributed by atoms with Crippen LogP contribution in [-0.4, -0.2) is 20.1 Å². The van der Waals surface area contributed by atoms with Crippen LogP contribution in [0.2, 0.25) is 19.6 Å². The molecule has 0 heterocycles. The Morgan fingerprint density at radius 2 is 1.32 bits per heavy atom. The van der Waals surface area contributed by atoms with E-state index in [4.69, 9.17) is 4.43 Å². The van der Waals surface area contributed by atoms with Crippen LogP contribution in [0.15, 0.2) is 0 Å². The van der Waals surface area contributed by atoms with Crippen molar-refractivity contribution in [3.8, 4) is 0 Å². The summed E-state index contributed by atoms with van der Waals surface area (Å²) in [6, 6.07) is 0. The van der Waals surface area contributed by atoms with Crippen LogP contribution < -0.4 is 0 Å². The Bertz CT molecular complexity index is 344. The second-order valence-corrected chi connectivity index (χ2v) is 12.2. The molecule has 0 aromatic carbocycles. The van der Waals surface area contributed by atoms with Gasteiger partial charge < -0.3 is 4.43 Å². The zero-order chi connectivity index (χ0) is 14.1. The van der Waals surface area contributed by atoms with Crippen molar-refractivity contribution in [2.75, 3.05) is 0 Å². The van der Waals surface area contributed by atoms with Gasteiger partial charge in [0.1, 0.15) is 0 Å². The van der Waals surface area contributed by atoms with Gasteiger partial charge in [0, 0.05) is 0 Å². The molecule has 0 aromatic rings. The summed E-state index contributed by atoms with van der Waals surface area (Å²) in [6.07, 6.45) is -0.119. The molecule has 4 saturated carbocycles. The fourth-order valence-electron chi connectivity index (χ4n) is 5.08. The first-order chi connectivity index (χ1) is 8.62. The Balaban J connectivity index is 2.00. The normalized spacial score (nSPS) is 45.8. The van der Waals surface area contributed by atoms with Crippen LogP contribution in [0.4, 0.5) is 13.2 Å². The van der Waals surface area contributed by atoms with Crippen LogP contribution in [-0.2, 0) is 4.43 Å². The lowest BCUT2D eigenvalue weighted by Crippen LogP contribution is -2.68. The Hall–Kier alpha value is -0.0331. The molecule has 0 N–H and O–H groups in total. The molecule has 0 saturated heterocycles. The lowest BCUT2D eigenvalue weighted by Gasteiger charge is -2.62. The van der Waals surface area contributed by atoms with Crippen molar-refractivity contribution in [3.05, 3.63) is 0 Å².